The Kier molecular flexibility index (Phi) is 6.19. The molecule has 1 heterocycles. The molecule has 1 N–H and O–H groups in total. The molecule has 0 spiro atoms. The van der Waals surface area contributed by atoms with Crippen LogP contribution in [-0.2, 0) is 16.0 Å². The van der Waals surface area contributed by atoms with Crippen LogP contribution in [0.3, 0.4) is 0 Å². The van der Waals surface area contributed by atoms with Crippen molar-refractivity contribution in [3.8, 4) is 0 Å². The molecule has 3 rings (SSSR count). The fourth-order valence-electron chi connectivity index (χ4n) is 3.22. The standard InChI is InChI=1S/C21H20Cl2N2O2/c1-14(26)25-11-9-15-4-2-3-5-18(15)20(25)13-21(27)24-10-8-16-6-7-17(22)12-19(16)23/h2-7,9,11-12,20H,8,10,13H2,1H3,(H,24,27)/t20-/m1/s1. The Balaban J connectivity index is 1.63. The molecule has 0 aromatic heterocycles. The van der Waals surface area contributed by atoms with Crippen molar-refractivity contribution in [3.63, 3.8) is 0 Å². The molecule has 1 atom stereocenters. The molecule has 0 aliphatic carbocycles. The summed E-state index contributed by atoms with van der Waals surface area (Å²) >= 11 is 12.1. The second kappa shape index (κ2) is 8.59. The van der Waals surface area contributed by atoms with Gasteiger partial charge in [-0.1, -0.05) is 53.5 Å². The number of halogens is 2. The molecule has 6 heteroatoms. The Morgan fingerprint density at radius 3 is 2.67 bits per heavy atom. The van der Waals surface area contributed by atoms with E-state index < -0.39 is 0 Å². The van der Waals surface area contributed by atoms with Crippen molar-refractivity contribution in [3.05, 3.63) is 75.4 Å². The van der Waals surface area contributed by atoms with Gasteiger partial charge < -0.3 is 10.2 Å². The quantitative estimate of drug-likeness (QED) is 0.792. The van der Waals surface area contributed by atoms with Crippen molar-refractivity contribution < 1.29 is 9.59 Å². The van der Waals surface area contributed by atoms with Crippen LogP contribution in [0.4, 0.5) is 0 Å². The molecule has 4 nitrogen and oxygen atoms in total. The summed E-state index contributed by atoms with van der Waals surface area (Å²) < 4.78 is 0. The summed E-state index contributed by atoms with van der Waals surface area (Å²) in [5, 5.41) is 4.09. The second-order valence-corrected chi connectivity index (χ2v) is 7.27. The number of nitrogens with one attached hydrogen (secondary N) is 1. The van der Waals surface area contributed by atoms with Crippen molar-refractivity contribution in [1.82, 2.24) is 10.2 Å². The average molecular weight is 403 g/mol. The molecule has 1 aliphatic heterocycles. The lowest BCUT2D eigenvalue weighted by atomic mass is 9.93. The molecular formula is C21H20Cl2N2O2. The van der Waals surface area contributed by atoms with Crippen LogP contribution in [0.15, 0.2) is 48.7 Å². The van der Waals surface area contributed by atoms with Crippen LogP contribution in [-0.4, -0.2) is 23.3 Å². The van der Waals surface area contributed by atoms with E-state index in [-0.39, 0.29) is 24.3 Å². The maximum atomic E-state index is 12.5. The van der Waals surface area contributed by atoms with Gasteiger partial charge in [0.1, 0.15) is 0 Å². The number of fused-ring (bicyclic) bond motifs is 1. The Labute approximate surface area is 168 Å². The van der Waals surface area contributed by atoms with Crippen LogP contribution in [0.1, 0.15) is 36.1 Å². The van der Waals surface area contributed by atoms with Crippen molar-refractivity contribution in [2.75, 3.05) is 6.54 Å². The first-order valence-electron chi connectivity index (χ1n) is 8.72. The minimum absolute atomic E-state index is 0.0912. The molecule has 2 amide bonds. The molecule has 140 valence electrons. The third-order valence-electron chi connectivity index (χ3n) is 4.58. The van der Waals surface area contributed by atoms with Crippen LogP contribution in [0.25, 0.3) is 6.08 Å². The first-order valence-corrected chi connectivity index (χ1v) is 9.48. The normalized spacial score (nSPS) is 15.4. The Bertz CT molecular complexity index is 896. The Morgan fingerprint density at radius 2 is 1.93 bits per heavy atom. The highest BCUT2D eigenvalue weighted by Crippen LogP contribution is 2.32. The van der Waals surface area contributed by atoms with Gasteiger partial charge in [0, 0.05) is 29.7 Å². The van der Waals surface area contributed by atoms with Gasteiger partial charge in [-0.15, -0.1) is 0 Å². The summed E-state index contributed by atoms with van der Waals surface area (Å²) in [6, 6.07) is 12.8. The van der Waals surface area contributed by atoms with Crippen molar-refractivity contribution in [2.45, 2.75) is 25.8 Å². The van der Waals surface area contributed by atoms with Gasteiger partial charge in [0.25, 0.3) is 0 Å². The van der Waals surface area contributed by atoms with Crippen LogP contribution in [0, 0.1) is 0 Å². The SMILES string of the molecule is CC(=O)N1C=Cc2ccccc2[C@H]1CC(=O)NCCc1ccc(Cl)cc1Cl. The van der Waals surface area contributed by atoms with Crippen LogP contribution >= 0.6 is 23.2 Å². The van der Waals surface area contributed by atoms with E-state index in [1.165, 1.54) is 6.92 Å². The third-order valence-corrected chi connectivity index (χ3v) is 5.17. The van der Waals surface area contributed by atoms with E-state index in [4.69, 9.17) is 23.2 Å². The van der Waals surface area contributed by atoms with Gasteiger partial charge in [-0.2, -0.15) is 0 Å². The maximum Gasteiger partial charge on any atom is 0.223 e. The van der Waals surface area contributed by atoms with Gasteiger partial charge in [-0.25, -0.2) is 0 Å². The summed E-state index contributed by atoms with van der Waals surface area (Å²) in [6.07, 6.45) is 4.46. The summed E-state index contributed by atoms with van der Waals surface area (Å²) in [4.78, 5) is 26.1. The van der Waals surface area contributed by atoms with Gasteiger partial charge in [-0.05, 0) is 41.3 Å². The van der Waals surface area contributed by atoms with E-state index in [9.17, 15) is 9.59 Å². The lowest BCUT2D eigenvalue weighted by molar-refractivity contribution is -0.129. The topological polar surface area (TPSA) is 49.4 Å². The Hall–Kier alpha value is -2.30. The van der Waals surface area contributed by atoms with E-state index in [1.807, 2.05) is 36.4 Å². The highest BCUT2D eigenvalue weighted by molar-refractivity contribution is 6.35. The van der Waals surface area contributed by atoms with Crippen LogP contribution < -0.4 is 5.32 Å². The van der Waals surface area contributed by atoms with Gasteiger partial charge in [-0.3, -0.25) is 9.59 Å². The van der Waals surface area contributed by atoms with Gasteiger partial charge in [0.05, 0.1) is 12.5 Å². The fraction of sp³-hybridized carbons (Fsp3) is 0.238. The van der Waals surface area contributed by atoms with E-state index in [0.717, 1.165) is 16.7 Å². The number of amides is 2. The zero-order valence-corrected chi connectivity index (χ0v) is 16.4. The molecular weight excluding hydrogens is 383 g/mol. The highest BCUT2D eigenvalue weighted by Gasteiger charge is 2.27. The number of carbonyl (C=O) groups excluding carboxylic acids is 2. The lowest BCUT2D eigenvalue weighted by Crippen LogP contribution is -2.35. The zero-order chi connectivity index (χ0) is 19.4. The monoisotopic (exact) mass is 402 g/mol. The van der Waals surface area contributed by atoms with Crippen LogP contribution in [0.2, 0.25) is 10.0 Å². The number of hydrogen-bond acceptors (Lipinski definition) is 2. The molecule has 0 fully saturated rings. The predicted octanol–water partition coefficient (Wildman–Crippen LogP) is 4.62. The zero-order valence-electron chi connectivity index (χ0n) is 14.9. The van der Waals surface area contributed by atoms with Gasteiger partial charge in [0.15, 0.2) is 0 Å². The molecule has 2 aromatic rings. The minimum Gasteiger partial charge on any atom is -0.356 e. The fourth-order valence-corrected chi connectivity index (χ4v) is 3.72. The highest BCUT2D eigenvalue weighted by atomic mass is 35.5. The number of hydrogen-bond donors (Lipinski definition) is 1. The summed E-state index contributed by atoms with van der Waals surface area (Å²) in [7, 11) is 0. The molecule has 2 aromatic carbocycles. The summed E-state index contributed by atoms with van der Waals surface area (Å²) in [5.74, 6) is -0.201. The lowest BCUT2D eigenvalue weighted by Gasteiger charge is -2.32. The van der Waals surface area contributed by atoms with E-state index in [1.54, 1.807) is 23.2 Å². The number of rotatable bonds is 5. The summed E-state index contributed by atoms with van der Waals surface area (Å²) in [5.41, 5.74) is 2.93. The molecule has 0 saturated heterocycles. The van der Waals surface area contributed by atoms with Crippen molar-refractivity contribution >= 4 is 41.1 Å². The largest absolute Gasteiger partial charge is 0.356 e. The molecule has 0 saturated carbocycles. The van der Waals surface area contributed by atoms with Gasteiger partial charge in [0.2, 0.25) is 11.8 Å². The van der Waals surface area contributed by atoms with Gasteiger partial charge >= 0.3 is 0 Å². The van der Waals surface area contributed by atoms with E-state index >= 15 is 0 Å². The van der Waals surface area contributed by atoms with E-state index in [0.29, 0.717) is 23.0 Å². The minimum atomic E-state index is -0.303. The third kappa shape index (κ3) is 4.71. The van der Waals surface area contributed by atoms with Crippen molar-refractivity contribution in [1.29, 1.82) is 0 Å². The van der Waals surface area contributed by atoms with E-state index in [2.05, 4.69) is 5.32 Å². The van der Waals surface area contributed by atoms with Crippen LogP contribution in [0.5, 0.6) is 0 Å². The molecule has 0 bridgehead atoms. The number of nitrogens with zero attached hydrogens (tertiary/aromatic N) is 1. The van der Waals surface area contributed by atoms with Crippen molar-refractivity contribution in [2.24, 2.45) is 0 Å². The average Bonchev–Trinajstić information content (AvgIpc) is 2.63. The molecule has 0 unspecified atom stereocenters. The molecule has 0 radical (unpaired) electrons. The first-order chi connectivity index (χ1) is 13.0. The number of carbonyl (C=O) groups is 2. The first kappa shape index (κ1) is 19.5. The summed E-state index contributed by atoms with van der Waals surface area (Å²) in [6.45, 7) is 1.97. The molecule has 1 aliphatic rings. The Morgan fingerprint density at radius 1 is 1.15 bits per heavy atom. The second-order valence-electron chi connectivity index (χ2n) is 6.43. The predicted molar refractivity (Wildman–Crippen MR) is 109 cm³/mol. The smallest absolute Gasteiger partial charge is 0.223 e. The molecule has 27 heavy (non-hydrogen) atoms. The number of benzene rings is 2. The maximum absolute atomic E-state index is 12.5.